The number of carbonyl (C=O) groups is 3. The zero-order chi connectivity index (χ0) is 60.5. The average Bonchev–Trinajstić information content (AvgIpc) is 3.46. The van der Waals surface area contributed by atoms with Crippen LogP contribution in [0.1, 0.15) is 296 Å². The van der Waals surface area contributed by atoms with Gasteiger partial charge in [0, 0.05) is 12.8 Å². The Morgan fingerprint density at radius 2 is 0.687 bits per heavy atom. The number of likely N-dealkylation sites (N-methyl/N-ethyl adjacent to an activating group) is 1. The van der Waals surface area contributed by atoms with E-state index >= 15 is 0 Å². The molecule has 0 aliphatic rings. The minimum absolute atomic E-state index is 0.145. The van der Waals surface area contributed by atoms with Gasteiger partial charge in [-0.1, -0.05) is 284 Å². The fraction of sp³-hybridized carbons (Fsp3) is 0.743. The number of carboxylic acids is 1. The number of carboxylic acid groups (broad SMARTS) is 1. The van der Waals surface area contributed by atoms with Crippen molar-refractivity contribution < 1.29 is 42.9 Å². The second-order valence-electron chi connectivity index (χ2n) is 24.1. The van der Waals surface area contributed by atoms with E-state index in [0.29, 0.717) is 17.4 Å². The van der Waals surface area contributed by atoms with Crippen molar-refractivity contribution in [3.05, 3.63) is 97.2 Å². The van der Waals surface area contributed by atoms with Gasteiger partial charge in [0.05, 0.1) is 40.3 Å². The smallest absolute Gasteiger partial charge is 0.306 e. The maximum atomic E-state index is 12.9. The van der Waals surface area contributed by atoms with E-state index in [4.69, 9.17) is 18.9 Å². The molecule has 83 heavy (non-hydrogen) atoms. The minimum Gasteiger partial charge on any atom is -0.545 e. The summed E-state index contributed by atoms with van der Waals surface area (Å²) < 4.78 is 22.8. The highest BCUT2D eigenvalue weighted by Gasteiger charge is 2.22. The fourth-order valence-corrected chi connectivity index (χ4v) is 9.57. The first-order valence-corrected chi connectivity index (χ1v) is 34.4. The molecule has 0 saturated carbocycles. The number of rotatable bonds is 63. The SMILES string of the molecule is CC/C=C\C/C=C\C/C=C\C/C=C\C/C=C\CCCCCCCCCCCCCCCCCCCC(=O)OC(COC(=O)CCCCCCCCCCCC/C=C\C/C=C\C/C=C\CCCCCCC)COC(OCC[N+](C)(C)C)C(=O)[O-]. The van der Waals surface area contributed by atoms with Crippen molar-refractivity contribution in [2.45, 2.75) is 309 Å². The van der Waals surface area contributed by atoms with Crippen LogP contribution in [0.25, 0.3) is 0 Å². The Morgan fingerprint density at radius 1 is 0.373 bits per heavy atom. The maximum Gasteiger partial charge on any atom is 0.306 e. The highest BCUT2D eigenvalue weighted by atomic mass is 16.7. The second-order valence-corrected chi connectivity index (χ2v) is 24.1. The standard InChI is InChI=1S/C74H129NO8/c1-6-8-10-12-14-16-18-20-22-24-26-28-30-32-33-34-35-36-37-38-39-41-43-45-47-49-51-53-55-57-59-61-63-65-72(77)83-70(69-82-74(73(78)79)80-67-66-75(3,4)5)68-81-71(76)64-62-60-58-56-54-52-50-48-46-44-42-40-31-29-27-25-23-21-19-17-15-13-11-9-7-2/h8,10,14,16,19-22,25-28,31-33,40,70,74H,6-7,9,11-13,15,17-18,23-24,29-30,34-39,41-69H2,1-5H3/b10-8-,16-14-,21-19-,22-20-,27-25-,28-26-,33-32-,40-31-. The number of ether oxygens (including phenoxy) is 4. The Kier molecular flexibility index (Phi) is 61.3. The molecule has 0 heterocycles. The number of esters is 2. The lowest BCUT2D eigenvalue weighted by Gasteiger charge is -2.26. The van der Waals surface area contributed by atoms with Gasteiger partial charge in [-0.3, -0.25) is 9.59 Å². The van der Waals surface area contributed by atoms with Crippen molar-refractivity contribution in [1.29, 1.82) is 0 Å². The summed E-state index contributed by atoms with van der Waals surface area (Å²) in [4.78, 5) is 37.5. The van der Waals surface area contributed by atoms with Gasteiger partial charge in [0.2, 0.25) is 0 Å². The van der Waals surface area contributed by atoms with Gasteiger partial charge in [-0.05, 0) is 96.3 Å². The molecule has 0 saturated heterocycles. The lowest BCUT2D eigenvalue weighted by atomic mass is 10.0. The molecule has 9 heteroatoms. The van der Waals surface area contributed by atoms with Gasteiger partial charge in [0.25, 0.3) is 0 Å². The third-order valence-electron chi connectivity index (χ3n) is 14.8. The van der Waals surface area contributed by atoms with Gasteiger partial charge < -0.3 is 33.3 Å². The third kappa shape index (κ3) is 65.6. The van der Waals surface area contributed by atoms with Crippen molar-refractivity contribution >= 4 is 17.9 Å². The Hall–Kier alpha value is -3.79. The minimum atomic E-state index is -1.63. The van der Waals surface area contributed by atoms with Crippen LogP contribution in [0.3, 0.4) is 0 Å². The summed E-state index contributed by atoms with van der Waals surface area (Å²) in [5, 5.41) is 11.8. The lowest BCUT2D eigenvalue weighted by Crippen LogP contribution is -2.44. The van der Waals surface area contributed by atoms with Crippen molar-refractivity contribution in [3.8, 4) is 0 Å². The first-order chi connectivity index (χ1) is 40.6. The van der Waals surface area contributed by atoms with Crippen LogP contribution in [0.5, 0.6) is 0 Å². The van der Waals surface area contributed by atoms with E-state index in [1.165, 1.54) is 180 Å². The molecule has 0 aromatic rings. The van der Waals surface area contributed by atoms with E-state index in [-0.39, 0.29) is 38.6 Å². The van der Waals surface area contributed by atoms with Crippen LogP contribution in [-0.4, -0.2) is 82.3 Å². The zero-order valence-corrected chi connectivity index (χ0v) is 54.5. The molecule has 2 atom stereocenters. The molecular formula is C74H129NO8. The molecule has 0 rings (SSSR count). The van der Waals surface area contributed by atoms with Gasteiger partial charge in [-0.25, -0.2) is 0 Å². The molecule has 0 bridgehead atoms. The second kappa shape index (κ2) is 64.2. The summed E-state index contributed by atoms with van der Waals surface area (Å²) in [7, 11) is 5.93. The summed E-state index contributed by atoms with van der Waals surface area (Å²) in [5.41, 5.74) is 0. The van der Waals surface area contributed by atoms with Crippen molar-refractivity contribution in [3.63, 3.8) is 0 Å². The van der Waals surface area contributed by atoms with E-state index in [2.05, 4.69) is 111 Å². The number of hydrogen-bond donors (Lipinski definition) is 0. The molecule has 0 spiro atoms. The summed E-state index contributed by atoms with van der Waals surface area (Å²) in [5.74, 6) is -2.28. The summed E-state index contributed by atoms with van der Waals surface area (Å²) in [6.07, 6.45) is 84.8. The molecule has 478 valence electrons. The van der Waals surface area contributed by atoms with Crippen LogP contribution in [-0.2, 0) is 33.3 Å². The number of unbranched alkanes of at least 4 members (excludes halogenated alkanes) is 32. The van der Waals surface area contributed by atoms with E-state index in [9.17, 15) is 19.5 Å². The lowest BCUT2D eigenvalue weighted by molar-refractivity contribution is -0.870. The highest BCUT2D eigenvalue weighted by Crippen LogP contribution is 2.17. The molecule has 0 fully saturated rings. The largest absolute Gasteiger partial charge is 0.545 e. The van der Waals surface area contributed by atoms with Gasteiger partial charge in [-0.2, -0.15) is 0 Å². The Bertz CT molecular complexity index is 1680. The number of hydrogen-bond acceptors (Lipinski definition) is 8. The van der Waals surface area contributed by atoms with Crippen LogP contribution < -0.4 is 5.11 Å². The van der Waals surface area contributed by atoms with Crippen molar-refractivity contribution in [1.82, 2.24) is 0 Å². The summed E-state index contributed by atoms with van der Waals surface area (Å²) in [6.45, 7) is 4.64. The monoisotopic (exact) mass is 1160 g/mol. The maximum absolute atomic E-state index is 12.9. The first-order valence-electron chi connectivity index (χ1n) is 34.4. The third-order valence-corrected chi connectivity index (χ3v) is 14.8. The van der Waals surface area contributed by atoms with Crippen LogP contribution >= 0.6 is 0 Å². The predicted molar refractivity (Wildman–Crippen MR) is 352 cm³/mol. The molecule has 2 unspecified atom stereocenters. The number of quaternary nitrogens is 1. The van der Waals surface area contributed by atoms with Crippen LogP contribution in [0.15, 0.2) is 97.2 Å². The van der Waals surface area contributed by atoms with Crippen LogP contribution in [0.4, 0.5) is 0 Å². The molecule has 0 aromatic heterocycles. The molecule has 0 N–H and O–H groups in total. The van der Waals surface area contributed by atoms with E-state index in [1.807, 2.05) is 21.1 Å². The predicted octanol–water partition coefficient (Wildman–Crippen LogP) is 19.9. The quantitative estimate of drug-likeness (QED) is 0.0195. The van der Waals surface area contributed by atoms with Gasteiger partial charge in [0.15, 0.2) is 12.4 Å². The Morgan fingerprint density at radius 3 is 1.02 bits per heavy atom. The molecule has 0 aliphatic heterocycles. The molecule has 0 aliphatic carbocycles. The number of allylic oxidation sites excluding steroid dienone is 16. The van der Waals surface area contributed by atoms with E-state index in [1.54, 1.807) is 0 Å². The van der Waals surface area contributed by atoms with Gasteiger partial charge in [0.1, 0.15) is 13.2 Å². The normalized spacial score (nSPS) is 13.3. The molecular weight excluding hydrogens is 1030 g/mol. The number of nitrogens with zero attached hydrogens (tertiary/aromatic N) is 1. The highest BCUT2D eigenvalue weighted by molar-refractivity contribution is 5.70. The first kappa shape index (κ1) is 79.2. The summed E-state index contributed by atoms with van der Waals surface area (Å²) in [6, 6.07) is 0. The van der Waals surface area contributed by atoms with E-state index < -0.39 is 24.3 Å². The molecule has 0 aromatic carbocycles. The Labute approximate surface area is 512 Å². The number of aliphatic carboxylic acids is 1. The summed E-state index contributed by atoms with van der Waals surface area (Å²) >= 11 is 0. The van der Waals surface area contributed by atoms with Gasteiger partial charge >= 0.3 is 11.9 Å². The number of carbonyl (C=O) groups excluding carboxylic acids is 3. The van der Waals surface area contributed by atoms with Crippen molar-refractivity contribution in [2.75, 3.05) is 47.5 Å². The average molecular weight is 1160 g/mol. The van der Waals surface area contributed by atoms with Crippen LogP contribution in [0.2, 0.25) is 0 Å². The van der Waals surface area contributed by atoms with E-state index in [0.717, 1.165) is 83.5 Å². The zero-order valence-electron chi connectivity index (χ0n) is 54.5. The van der Waals surface area contributed by atoms with Crippen LogP contribution in [0, 0.1) is 0 Å². The Balaban J connectivity index is 4.12. The molecule has 9 nitrogen and oxygen atoms in total. The molecule has 0 amide bonds. The fourth-order valence-electron chi connectivity index (χ4n) is 9.57. The van der Waals surface area contributed by atoms with Gasteiger partial charge in [-0.15, -0.1) is 0 Å². The topological polar surface area (TPSA) is 111 Å². The molecule has 0 radical (unpaired) electrons. The van der Waals surface area contributed by atoms with Crippen molar-refractivity contribution in [2.24, 2.45) is 0 Å².